The maximum atomic E-state index is 11.4. The molecule has 16 heavy (non-hydrogen) atoms. The van der Waals surface area contributed by atoms with Gasteiger partial charge in [0.05, 0.1) is 6.61 Å². The summed E-state index contributed by atoms with van der Waals surface area (Å²) in [7, 11) is 0. The molecule has 0 radical (unpaired) electrons. The Bertz CT molecular complexity index is 444. The van der Waals surface area contributed by atoms with Crippen molar-refractivity contribution in [2.45, 2.75) is 26.7 Å². The summed E-state index contributed by atoms with van der Waals surface area (Å²) < 4.78 is 4.93. The molecule has 0 amide bonds. The maximum Gasteiger partial charge on any atom is 0.331 e. The molecule has 0 atom stereocenters. The lowest BCUT2D eigenvalue weighted by molar-refractivity contribution is -0.137. The molecule has 2 rings (SSSR count). The highest BCUT2D eigenvalue weighted by molar-refractivity contribution is 5.93. The topological polar surface area (TPSA) is 26.3 Å². The second-order valence-electron chi connectivity index (χ2n) is 4.02. The van der Waals surface area contributed by atoms with E-state index in [1.54, 1.807) is 6.08 Å². The molecule has 84 valence electrons. The molecular weight excluding hydrogens is 200 g/mol. The van der Waals surface area contributed by atoms with Crippen LogP contribution in [0, 0.1) is 6.92 Å². The Labute approximate surface area is 95.9 Å². The Hall–Kier alpha value is -1.57. The quantitative estimate of drug-likeness (QED) is 0.561. The van der Waals surface area contributed by atoms with Gasteiger partial charge in [-0.2, -0.15) is 0 Å². The molecule has 0 spiro atoms. The molecule has 0 N–H and O–H groups in total. The van der Waals surface area contributed by atoms with Crippen molar-refractivity contribution in [1.82, 2.24) is 0 Å². The second kappa shape index (κ2) is 4.52. The number of esters is 1. The van der Waals surface area contributed by atoms with Gasteiger partial charge in [-0.3, -0.25) is 0 Å². The highest BCUT2D eigenvalue weighted by Gasteiger charge is 2.18. The van der Waals surface area contributed by atoms with Crippen molar-refractivity contribution in [1.29, 1.82) is 0 Å². The maximum absolute atomic E-state index is 11.4. The van der Waals surface area contributed by atoms with Crippen LogP contribution in [0.2, 0.25) is 0 Å². The molecule has 1 aliphatic rings. The number of rotatable bonds is 2. The van der Waals surface area contributed by atoms with Crippen molar-refractivity contribution in [2.24, 2.45) is 0 Å². The van der Waals surface area contributed by atoms with Crippen molar-refractivity contribution in [3.05, 3.63) is 41.0 Å². The third-order valence-electron chi connectivity index (χ3n) is 2.98. The van der Waals surface area contributed by atoms with E-state index in [1.807, 2.05) is 13.0 Å². The zero-order valence-electron chi connectivity index (χ0n) is 9.75. The fraction of sp³-hybridized carbons (Fsp3) is 0.357. The summed E-state index contributed by atoms with van der Waals surface area (Å²) in [6.45, 7) is 4.37. The molecule has 2 nitrogen and oxygen atoms in total. The van der Waals surface area contributed by atoms with Crippen molar-refractivity contribution < 1.29 is 9.53 Å². The minimum atomic E-state index is -0.230. The molecule has 0 saturated carbocycles. The summed E-state index contributed by atoms with van der Waals surface area (Å²) >= 11 is 0. The van der Waals surface area contributed by atoms with Crippen LogP contribution in [-0.4, -0.2) is 12.6 Å². The molecule has 1 aromatic rings. The van der Waals surface area contributed by atoms with Crippen LogP contribution in [0.1, 0.15) is 30.0 Å². The van der Waals surface area contributed by atoms with E-state index in [0.717, 1.165) is 18.4 Å². The lowest BCUT2D eigenvalue weighted by Gasteiger charge is -2.03. The van der Waals surface area contributed by atoms with Gasteiger partial charge in [0.25, 0.3) is 0 Å². The third kappa shape index (κ3) is 2.01. The summed E-state index contributed by atoms with van der Waals surface area (Å²) in [5, 5.41) is 0. The Morgan fingerprint density at radius 2 is 2.25 bits per heavy atom. The zero-order valence-corrected chi connectivity index (χ0v) is 9.75. The predicted octanol–water partition coefficient (Wildman–Crippen LogP) is 2.89. The molecule has 0 fully saturated rings. The van der Waals surface area contributed by atoms with E-state index < -0.39 is 0 Å². The summed E-state index contributed by atoms with van der Waals surface area (Å²) in [5.74, 6) is -0.230. The number of carbonyl (C=O) groups is 1. The Morgan fingerprint density at radius 1 is 1.44 bits per heavy atom. The van der Waals surface area contributed by atoms with E-state index in [-0.39, 0.29) is 5.97 Å². The smallest absolute Gasteiger partial charge is 0.331 e. The number of carbonyl (C=O) groups excluding carboxylic acids is 1. The van der Waals surface area contributed by atoms with Gasteiger partial charge in [0.1, 0.15) is 0 Å². The van der Waals surface area contributed by atoms with Crippen LogP contribution in [0.3, 0.4) is 0 Å². The third-order valence-corrected chi connectivity index (χ3v) is 2.98. The van der Waals surface area contributed by atoms with Gasteiger partial charge in [-0.1, -0.05) is 18.2 Å². The summed E-state index contributed by atoms with van der Waals surface area (Å²) in [6.07, 6.45) is 3.61. The van der Waals surface area contributed by atoms with Crippen molar-refractivity contribution in [2.75, 3.05) is 6.61 Å². The molecule has 0 bridgehead atoms. The Kier molecular flexibility index (Phi) is 3.09. The van der Waals surface area contributed by atoms with Crippen LogP contribution in [0.25, 0.3) is 5.57 Å². The van der Waals surface area contributed by atoms with Crippen LogP contribution in [0.15, 0.2) is 24.3 Å². The highest BCUT2D eigenvalue weighted by atomic mass is 16.5. The van der Waals surface area contributed by atoms with E-state index in [1.165, 1.54) is 16.7 Å². The first-order valence-electron chi connectivity index (χ1n) is 5.68. The average Bonchev–Trinajstić information content (AvgIpc) is 2.64. The molecule has 0 aliphatic heterocycles. The van der Waals surface area contributed by atoms with E-state index in [2.05, 4.69) is 19.1 Å². The van der Waals surface area contributed by atoms with Gasteiger partial charge >= 0.3 is 5.97 Å². The minimum Gasteiger partial charge on any atom is -0.463 e. The first-order valence-corrected chi connectivity index (χ1v) is 5.68. The van der Waals surface area contributed by atoms with Crippen molar-refractivity contribution in [3.63, 3.8) is 0 Å². The molecule has 0 unspecified atom stereocenters. The summed E-state index contributed by atoms with van der Waals surface area (Å²) in [5.41, 5.74) is 5.01. The highest BCUT2D eigenvalue weighted by Crippen LogP contribution is 2.33. The molecule has 2 heteroatoms. The van der Waals surface area contributed by atoms with Crippen LogP contribution in [-0.2, 0) is 16.0 Å². The minimum absolute atomic E-state index is 0.230. The fourth-order valence-corrected chi connectivity index (χ4v) is 2.21. The standard InChI is InChI=1S/C14H16O2/c1-3-16-14(15)9-11-7-8-12-10(2)5-4-6-13(11)12/h4-6,9H,3,7-8H2,1-2H3/b11-9+. The van der Waals surface area contributed by atoms with E-state index >= 15 is 0 Å². The number of benzene rings is 1. The van der Waals surface area contributed by atoms with Crippen LogP contribution >= 0.6 is 0 Å². The van der Waals surface area contributed by atoms with Crippen LogP contribution < -0.4 is 0 Å². The number of hydrogen-bond donors (Lipinski definition) is 0. The molecule has 0 saturated heterocycles. The van der Waals surface area contributed by atoms with Crippen LogP contribution in [0.5, 0.6) is 0 Å². The van der Waals surface area contributed by atoms with Gasteiger partial charge in [-0.25, -0.2) is 4.79 Å². The van der Waals surface area contributed by atoms with E-state index in [4.69, 9.17) is 4.74 Å². The van der Waals surface area contributed by atoms with Crippen LogP contribution in [0.4, 0.5) is 0 Å². The lowest BCUT2D eigenvalue weighted by Crippen LogP contribution is -2.00. The fourth-order valence-electron chi connectivity index (χ4n) is 2.21. The van der Waals surface area contributed by atoms with E-state index in [9.17, 15) is 4.79 Å². The number of fused-ring (bicyclic) bond motifs is 1. The van der Waals surface area contributed by atoms with Gasteiger partial charge in [-0.15, -0.1) is 0 Å². The number of ether oxygens (including phenoxy) is 1. The van der Waals surface area contributed by atoms with Gasteiger partial charge < -0.3 is 4.74 Å². The van der Waals surface area contributed by atoms with Gasteiger partial charge in [0.15, 0.2) is 0 Å². The number of allylic oxidation sites excluding steroid dienone is 1. The molecular formula is C14H16O2. The molecule has 1 aromatic carbocycles. The van der Waals surface area contributed by atoms with Gasteiger partial charge in [-0.05, 0) is 49.0 Å². The summed E-state index contributed by atoms with van der Waals surface area (Å²) in [4.78, 5) is 11.4. The Balaban J connectivity index is 2.30. The zero-order chi connectivity index (χ0) is 11.5. The molecule has 1 aliphatic carbocycles. The predicted molar refractivity (Wildman–Crippen MR) is 64.1 cm³/mol. The molecule has 0 aromatic heterocycles. The average molecular weight is 216 g/mol. The lowest BCUT2D eigenvalue weighted by atomic mass is 10.0. The normalized spacial score (nSPS) is 16.2. The number of hydrogen-bond acceptors (Lipinski definition) is 2. The first-order chi connectivity index (χ1) is 7.72. The monoisotopic (exact) mass is 216 g/mol. The Morgan fingerprint density at radius 3 is 3.00 bits per heavy atom. The molecule has 0 heterocycles. The SMILES string of the molecule is CCOC(=O)/C=C1\CCc2c(C)cccc21. The van der Waals surface area contributed by atoms with Crippen molar-refractivity contribution in [3.8, 4) is 0 Å². The number of aryl methyl sites for hydroxylation is 1. The largest absolute Gasteiger partial charge is 0.463 e. The van der Waals surface area contributed by atoms with E-state index in [0.29, 0.717) is 6.61 Å². The summed E-state index contributed by atoms with van der Waals surface area (Å²) in [6, 6.07) is 6.24. The first kappa shape index (κ1) is 10.9. The van der Waals surface area contributed by atoms with Gasteiger partial charge in [0, 0.05) is 6.08 Å². The second-order valence-corrected chi connectivity index (χ2v) is 4.02. The van der Waals surface area contributed by atoms with Crippen molar-refractivity contribution >= 4 is 11.5 Å². The van der Waals surface area contributed by atoms with Gasteiger partial charge in [0.2, 0.25) is 0 Å².